The third kappa shape index (κ3) is 5.84. The van der Waals surface area contributed by atoms with E-state index in [4.69, 9.17) is 0 Å². The zero-order valence-corrected chi connectivity index (χ0v) is 24.0. The fraction of sp³-hybridized carbons (Fsp3) is 0.276. The summed E-state index contributed by atoms with van der Waals surface area (Å²) in [5, 5.41) is 1.35. The molecule has 4 rings (SSSR count). The maximum absolute atomic E-state index is 13.0. The van der Waals surface area contributed by atoms with Crippen molar-refractivity contribution in [2.75, 3.05) is 0 Å². The zero-order valence-electron chi connectivity index (χ0n) is 22.4. The lowest BCUT2D eigenvalue weighted by atomic mass is 10.0. The van der Waals surface area contributed by atoms with E-state index in [1.54, 1.807) is 37.1 Å². The van der Waals surface area contributed by atoms with Crippen LogP contribution in [0.1, 0.15) is 49.6 Å². The Kier molecular flexibility index (Phi) is 8.38. The SMILES string of the molecule is Cc1nc(SCc2ccc(C(=O)c3ccc(CSc4nc(C)c(C)c(=O)n4C)cc3)cc2)n(C)c(=O)c1C. The molecule has 2 heterocycles. The average Bonchev–Trinajstić information content (AvgIpc) is 2.93. The molecule has 0 amide bonds. The van der Waals surface area contributed by atoms with Crippen LogP contribution in [0.15, 0.2) is 68.4 Å². The molecule has 9 heteroatoms. The van der Waals surface area contributed by atoms with Gasteiger partial charge in [0.25, 0.3) is 11.1 Å². The van der Waals surface area contributed by atoms with Gasteiger partial charge in [-0.05, 0) is 38.8 Å². The fourth-order valence-electron chi connectivity index (χ4n) is 3.82. The highest BCUT2D eigenvalue weighted by Gasteiger charge is 2.13. The van der Waals surface area contributed by atoms with Crippen molar-refractivity contribution in [3.8, 4) is 0 Å². The van der Waals surface area contributed by atoms with Gasteiger partial charge in [0.05, 0.1) is 0 Å². The molecule has 2 aromatic carbocycles. The molecule has 0 aliphatic carbocycles. The Morgan fingerprint density at radius 2 is 1.00 bits per heavy atom. The monoisotopic (exact) mass is 546 g/mol. The van der Waals surface area contributed by atoms with Crippen molar-refractivity contribution in [1.82, 2.24) is 19.1 Å². The van der Waals surface area contributed by atoms with E-state index >= 15 is 0 Å². The van der Waals surface area contributed by atoms with Crippen LogP contribution < -0.4 is 11.1 Å². The summed E-state index contributed by atoms with van der Waals surface area (Å²) >= 11 is 2.99. The molecule has 0 saturated carbocycles. The Balaban J connectivity index is 1.38. The van der Waals surface area contributed by atoms with Crippen molar-refractivity contribution in [2.45, 2.75) is 49.5 Å². The van der Waals surface area contributed by atoms with Crippen LogP contribution in [0.25, 0.3) is 0 Å². The van der Waals surface area contributed by atoms with Gasteiger partial charge in [0.15, 0.2) is 16.1 Å². The molecule has 38 heavy (non-hydrogen) atoms. The van der Waals surface area contributed by atoms with Gasteiger partial charge in [0, 0.05) is 59.2 Å². The van der Waals surface area contributed by atoms with E-state index in [-0.39, 0.29) is 16.9 Å². The van der Waals surface area contributed by atoms with Gasteiger partial charge in [0.1, 0.15) is 0 Å². The number of ketones is 1. The molecule has 0 saturated heterocycles. The van der Waals surface area contributed by atoms with E-state index in [0.29, 0.717) is 44.1 Å². The van der Waals surface area contributed by atoms with Crippen LogP contribution in [0.5, 0.6) is 0 Å². The summed E-state index contributed by atoms with van der Waals surface area (Å²) in [4.78, 5) is 46.7. The van der Waals surface area contributed by atoms with Gasteiger partial charge in [-0.1, -0.05) is 72.1 Å². The molecule has 2 aromatic heterocycles. The van der Waals surface area contributed by atoms with Crippen LogP contribution in [0.3, 0.4) is 0 Å². The van der Waals surface area contributed by atoms with Crippen LogP contribution in [0, 0.1) is 27.7 Å². The van der Waals surface area contributed by atoms with Gasteiger partial charge in [-0.3, -0.25) is 23.5 Å². The molecule has 196 valence electrons. The summed E-state index contributed by atoms with van der Waals surface area (Å²) in [6, 6.07) is 15.1. The van der Waals surface area contributed by atoms with Gasteiger partial charge in [-0.2, -0.15) is 0 Å². The molecule has 0 fully saturated rings. The smallest absolute Gasteiger partial charge is 0.257 e. The first-order chi connectivity index (χ1) is 18.1. The van der Waals surface area contributed by atoms with Crippen LogP contribution >= 0.6 is 23.5 Å². The molecule has 0 bridgehead atoms. The van der Waals surface area contributed by atoms with Crippen LogP contribution in [-0.4, -0.2) is 24.9 Å². The largest absolute Gasteiger partial charge is 0.291 e. The molecule has 0 aliphatic heterocycles. The summed E-state index contributed by atoms with van der Waals surface area (Å²) in [5.74, 6) is 1.25. The van der Waals surface area contributed by atoms with Gasteiger partial charge >= 0.3 is 0 Å². The normalized spacial score (nSPS) is 11.1. The highest BCUT2D eigenvalue weighted by Crippen LogP contribution is 2.23. The molecular formula is C29H30N4O3S2. The van der Waals surface area contributed by atoms with Gasteiger partial charge in [-0.15, -0.1) is 0 Å². The predicted molar refractivity (Wildman–Crippen MR) is 153 cm³/mol. The highest BCUT2D eigenvalue weighted by atomic mass is 32.2. The lowest BCUT2D eigenvalue weighted by Gasteiger charge is -2.10. The van der Waals surface area contributed by atoms with E-state index in [1.165, 1.54) is 23.5 Å². The van der Waals surface area contributed by atoms with E-state index in [1.807, 2.05) is 62.4 Å². The Labute approximate surface area is 230 Å². The first-order valence-corrected chi connectivity index (χ1v) is 14.1. The predicted octanol–water partition coefficient (Wildman–Crippen LogP) is 4.92. The number of benzene rings is 2. The molecule has 0 atom stereocenters. The standard InChI is InChI=1S/C29H30N4O3S2/c1-17-19(3)30-28(32(5)26(17)35)37-15-21-7-11-23(12-8-21)25(34)24-13-9-22(10-14-24)16-38-29-31-20(4)18(2)27(36)33(29)6/h7-14H,15-16H2,1-6H3. The van der Waals surface area contributed by atoms with Crippen molar-refractivity contribution in [3.63, 3.8) is 0 Å². The van der Waals surface area contributed by atoms with Gasteiger partial charge < -0.3 is 0 Å². The second-order valence-electron chi connectivity index (χ2n) is 9.24. The molecule has 0 N–H and O–H groups in total. The molecule has 7 nitrogen and oxygen atoms in total. The third-order valence-corrected chi connectivity index (χ3v) is 8.81. The number of carbonyl (C=O) groups excluding carboxylic acids is 1. The summed E-state index contributed by atoms with van der Waals surface area (Å²) in [5.41, 5.74) is 6.08. The Morgan fingerprint density at radius 1 is 0.658 bits per heavy atom. The van der Waals surface area contributed by atoms with Gasteiger partial charge in [-0.25, -0.2) is 9.97 Å². The second kappa shape index (κ2) is 11.5. The number of thioether (sulfide) groups is 2. The minimum absolute atomic E-state index is 0.0296. The number of aryl methyl sites for hydroxylation is 2. The maximum Gasteiger partial charge on any atom is 0.257 e. The molecule has 0 unspecified atom stereocenters. The van der Waals surface area contributed by atoms with Crippen molar-refractivity contribution >= 4 is 29.3 Å². The fourth-order valence-corrected chi connectivity index (χ4v) is 5.75. The van der Waals surface area contributed by atoms with Crippen molar-refractivity contribution in [2.24, 2.45) is 14.1 Å². The summed E-state index contributed by atoms with van der Waals surface area (Å²) < 4.78 is 3.15. The maximum atomic E-state index is 13.0. The van der Waals surface area contributed by atoms with Crippen LogP contribution in [-0.2, 0) is 25.6 Å². The number of hydrogen-bond acceptors (Lipinski definition) is 7. The first kappa shape index (κ1) is 27.6. The molecule has 0 aliphatic rings. The van der Waals surface area contributed by atoms with E-state index < -0.39 is 0 Å². The number of hydrogen-bond donors (Lipinski definition) is 0. The minimum atomic E-state index is -0.0418. The van der Waals surface area contributed by atoms with Crippen molar-refractivity contribution in [3.05, 3.63) is 114 Å². The number of rotatable bonds is 8. The molecule has 4 aromatic rings. The van der Waals surface area contributed by atoms with Crippen molar-refractivity contribution in [1.29, 1.82) is 0 Å². The summed E-state index contributed by atoms with van der Waals surface area (Å²) in [7, 11) is 3.47. The molecule has 0 radical (unpaired) electrons. The van der Waals surface area contributed by atoms with Crippen molar-refractivity contribution < 1.29 is 4.79 Å². The zero-order chi connectivity index (χ0) is 27.6. The average molecular weight is 547 g/mol. The van der Waals surface area contributed by atoms with Crippen LogP contribution in [0.4, 0.5) is 0 Å². The third-order valence-electron chi connectivity index (χ3n) is 6.60. The van der Waals surface area contributed by atoms with E-state index in [9.17, 15) is 14.4 Å². The Hall–Kier alpha value is -3.43. The van der Waals surface area contributed by atoms with Gasteiger partial charge in [0.2, 0.25) is 0 Å². The molecule has 0 spiro atoms. The number of aromatic nitrogens is 4. The second-order valence-corrected chi connectivity index (χ2v) is 11.1. The lowest BCUT2D eigenvalue weighted by molar-refractivity contribution is 0.103. The highest BCUT2D eigenvalue weighted by molar-refractivity contribution is 7.98. The minimum Gasteiger partial charge on any atom is -0.291 e. The first-order valence-electron chi connectivity index (χ1n) is 12.1. The van der Waals surface area contributed by atoms with Crippen LogP contribution in [0.2, 0.25) is 0 Å². The Morgan fingerprint density at radius 3 is 1.34 bits per heavy atom. The number of nitrogens with zero attached hydrogens (tertiary/aromatic N) is 4. The quantitative estimate of drug-likeness (QED) is 0.176. The van der Waals surface area contributed by atoms with E-state index in [2.05, 4.69) is 9.97 Å². The van der Waals surface area contributed by atoms with E-state index in [0.717, 1.165) is 22.5 Å². The summed E-state index contributed by atoms with van der Waals surface area (Å²) in [6.45, 7) is 7.26. The Bertz CT molecular complexity index is 1500. The molecular weight excluding hydrogens is 516 g/mol. The number of carbonyl (C=O) groups is 1. The lowest BCUT2D eigenvalue weighted by Crippen LogP contribution is -2.23. The summed E-state index contributed by atoms with van der Waals surface area (Å²) in [6.07, 6.45) is 0. The topological polar surface area (TPSA) is 86.8 Å².